The van der Waals surface area contributed by atoms with Crippen molar-refractivity contribution in [2.75, 3.05) is 5.32 Å². The van der Waals surface area contributed by atoms with Crippen LogP contribution in [0.1, 0.15) is 20.9 Å². The van der Waals surface area contributed by atoms with Gasteiger partial charge in [-0.3, -0.25) is 4.79 Å². The van der Waals surface area contributed by atoms with Crippen molar-refractivity contribution in [1.82, 2.24) is 0 Å². The third-order valence-electron chi connectivity index (χ3n) is 2.28. The van der Waals surface area contributed by atoms with Crippen LogP contribution in [0.5, 0.6) is 5.75 Å². The van der Waals surface area contributed by atoms with E-state index in [0.29, 0.717) is 4.67 Å². The van der Waals surface area contributed by atoms with Crippen LogP contribution >= 0.6 is 15.9 Å². The van der Waals surface area contributed by atoms with Crippen LogP contribution in [0.15, 0.2) is 39.4 Å². The van der Waals surface area contributed by atoms with E-state index in [1.165, 1.54) is 18.2 Å². The van der Waals surface area contributed by atoms with Gasteiger partial charge in [0.2, 0.25) is 0 Å². The van der Waals surface area contributed by atoms with Gasteiger partial charge in [0.25, 0.3) is 5.91 Å². The van der Waals surface area contributed by atoms with Gasteiger partial charge in [-0.05, 0) is 46.3 Å². The van der Waals surface area contributed by atoms with Gasteiger partial charge in [0.1, 0.15) is 11.3 Å². The predicted molar refractivity (Wildman–Crippen MR) is 69.4 cm³/mol. The van der Waals surface area contributed by atoms with E-state index in [-0.39, 0.29) is 22.8 Å². The number of amides is 1. The highest BCUT2D eigenvalue weighted by molar-refractivity contribution is 9.10. The maximum atomic E-state index is 11.8. The van der Waals surface area contributed by atoms with Gasteiger partial charge < -0.3 is 19.9 Å². The number of aromatic carboxylic acids is 1. The number of halogens is 1. The summed E-state index contributed by atoms with van der Waals surface area (Å²) in [5, 5.41) is 20.7. The second-order valence-electron chi connectivity index (χ2n) is 3.59. The Labute approximate surface area is 115 Å². The Bertz CT molecular complexity index is 649. The monoisotopic (exact) mass is 325 g/mol. The van der Waals surface area contributed by atoms with Crippen LogP contribution in [-0.2, 0) is 0 Å². The Hall–Kier alpha value is -2.28. The molecule has 7 heteroatoms. The summed E-state index contributed by atoms with van der Waals surface area (Å²) in [6, 6.07) is 6.77. The zero-order chi connectivity index (χ0) is 14.0. The average molecular weight is 326 g/mol. The standard InChI is InChI=1S/C12H8BrNO5/c13-10-4-3-9(19-10)11(16)14-6-1-2-8(15)7(5-6)12(17)18/h1-5,15H,(H,14,16)(H,17,18). The fraction of sp³-hybridized carbons (Fsp3) is 0. The van der Waals surface area contributed by atoms with Crippen molar-refractivity contribution in [3.63, 3.8) is 0 Å². The van der Waals surface area contributed by atoms with Crippen molar-refractivity contribution < 1.29 is 24.2 Å². The fourth-order valence-corrected chi connectivity index (χ4v) is 1.72. The van der Waals surface area contributed by atoms with E-state index < -0.39 is 11.9 Å². The van der Waals surface area contributed by atoms with E-state index in [4.69, 9.17) is 9.52 Å². The van der Waals surface area contributed by atoms with Crippen molar-refractivity contribution in [3.8, 4) is 5.75 Å². The highest BCUT2D eigenvalue weighted by Gasteiger charge is 2.14. The highest BCUT2D eigenvalue weighted by Crippen LogP contribution is 2.22. The molecular formula is C12H8BrNO5. The lowest BCUT2D eigenvalue weighted by Crippen LogP contribution is -2.11. The Kier molecular flexibility index (Phi) is 3.57. The van der Waals surface area contributed by atoms with Gasteiger partial charge in [-0.2, -0.15) is 0 Å². The molecule has 98 valence electrons. The molecule has 1 heterocycles. The van der Waals surface area contributed by atoms with Gasteiger partial charge in [-0.15, -0.1) is 0 Å². The largest absolute Gasteiger partial charge is 0.507 e. The molecule has 2 rings (SSSR count). The molecule has 19 heavy (non-hydrogen) atoms. The number of aromatic hydroxyl groups is 1. The molecule has 0 atom stereocenters. The molecule has 3 N–H and O–H groups in total. The van der Waals surface area contributed by atoms with Crippen LogP contribution in [0.4, 0.5) is 5.69 Å². The number of phenols is 1. The van der Waals surface area contributed by atoms with Crippen LogP contribution in [-0.4, -0.2) is 22.1 Å². The van der Waals surface area contributed by atoms with E-state index in [0.717, 1.165) is 6.07 Å². The number of nitrogens with one attached hydrogen (secondary N) is 1. The van der Waals surface area contributed by atoms with Gasteiger partial charge in [0.05, 0.1) is 0 Å². The normalized spacial score (nSPS) is 10.2. The minimum Gasteiger partial charge on any atom is -0.507 e. The number of carboxylic acid groups (broad SMARTS) is 1. The van der Waals surface area contributed by atoms with Gasteiger partial charge >= 0.3 is 5.97 Å². The van der Waals surface area contributed by atoms with E-state index >= 15 is 0 Å². The minimum atomic E-state index is -1.28. The van der Waals surface area contributed by atoms with E-state index in [9.17, 15) is 14.7 Å². The average Bonchev–Trinajstić information content (AvgIpc) is 2.78. The molecule has 1 aromatic heterocycles. The van der Waals surface area contributed by atoms with Crippen molar-refractivity contribution in [2.24, 2.45) is 0 Å². The number of carbonyl (C=O) groups is 2. The summed E-state index contributed by atoms with van der Waals surface area (Å²) in [4.78, 5) is 22.6. The molecule has 0 aliphatic heterocycles. The Morgan fingerprint density at radius 3 is 2.53 bits per heavy atom. The molecule has 0 aliphatic carbocycles. The van der Waals surface area contributed by atoms with Gasteiger partial charge in [0.15, 0.2) is 10.4 Å². The molecule has 1 amide bonds. The smallest absolute Gasteiger partial charge is 0.339 e. The molecule has 0 aliphatic rings. The Morgan fingerprint density at radius 1 is 1.21 bits per heavy atom. The second-order valence-corrected chi connectivity index (χ2v) is 4.38. The number of hydrogen-bond acceptors (Lipinski definition) is 4. The van der Waals surface area contributed by atoms with E-state index in [2.05, 4.69) is 21.2 Å². The SMILES string of the molecule is O=C(Nc1ccc(O)c(C(=O)O)c1)c1ccc(Br)o1. The highest BCUT2D eigenvalue weighted by atomic mass is 79.9. The molecule has 0 saturated heterocycles. The molecule has 1 aromatic carbocycles. The summed E-state index contributed by atoms with van der Waals surface area (Å²) in [6.45, 7) is 0. The molecule has 6 nitrogen and oxygen atoms in total. The zero-order valence-corrected chi connectivity index (χ0v) is 11.0. The van der Waals surface area contributed by atoms with Crippen molar-refractivity contribution >= 4 is 33.5 Å². The third-order valence-corrected chi connectivity index (χ3v) is 2.71. The molecule has 0 spiro atoms. The minimum absolute atomic E-state index is 0.0804. The Morgan fingerprint density at radius 2 is 1.95 bits per heavy atom. The summed E-state index contributed by atoms with van der Waals surface area (Å²) >= 11 is 3.07. The first kappa shape index (κ1) is 13.2. The lowest BCUT2D eigenvalue weighted by molar-refractivity contribution is 0.0693. The fourth-order valence-electron chi connectivity index (χ4n) is 1.41. The number of benzene rings is 1. The first-order valence-electron chi connectivity index (χ1n) is 5.10. The number of rotatable bonds is 3. The zero-order valence-electron chi connectivity index (χ0n) is 9.38. The molecule has 0 radical (unpaired) electrons. The summed E-state index contributed by atoms with van der Waals surface area (Å²) < 4.78 is 5.47. The summed E-state index contributed by atoms with van der Waals surface area (Å²) in [5.74, 6) is -2.09. The first-order chi connectivity index (χ1) is 8.97. The van der Waals surface area contributed by atoms with Gasteiger partial charge in [-0.25, -0.2) is 4.79 Å². The van der Waals surface area contributed by atoms with Crippen LogP contribution < -0.4 is 5.32 Å². The van der Waals surface area contributed by atoms with Gasteiger partial charge in [-0.1, -0.05) is 0 Å². The summed E-state index contributed by atoms with van der Waals surface area (Å²) in [5.41, 5.74) is -0.0499. The van der Waals surface area contributed by atoms with E-state index in [1.807, 2.05) is 0 Å². The number of anilines is 1. The topological polar surface area (TPSA) is 99.8 Å². The molecular weight excluding hydrogens is 318 g/mol. The van der Waals surface area contributed by atoms with E-state index in [1.54, 1.807) is 6.07 Å². The lowest BCUT2D eigenvalue weighted by Gasteiger charge is -2.05. The Balaban J connectivity index is 2.22. The van der Waals surface area contributed by atoms with Gasteiger partial charge in [0, 0.05) is 5.69 Å². The lowest BCUT2D eigenvalue weighted by atomic mass is 10.2. The maximum absolute atomic E-state index is 11.8. The second kappa shape index (κ2) is 5.15. The van der Waals surface area contributed by atoms with Crippen LogP contribution in [0, 0.1) is 0 Å². The maximum Gasteiger partial charge on any atom is 0.339 e. The third kappa shape index (κ3) is 2.94. The molecule has 0 bridgehead atoms. The molecule has 0 fully saturated rings. The van der Waals surface area contributed by atoms with Crippen LogP contribution in [0.25, 0.3) is 0 Å². The quantitative estimate of drug-likeness (QED) is 0.753. The summed E-state index contributed by atoms with van der Waals surface area (Å²) in [7, 11) is 0. The van der Waals surface area contributed by atoms with Crippen molar-refractivity contribution in [2.45, 2.75) is 0 Å². The number of carboxylic acids is 1. The number of carbonyl (C=O) groups excluding carboxylic acids is 1. The predicted octanol–water partition coefficient (Wildman–Crippen LogP) is 2.70. The van der Waals surface area contributed by atoms with Crippen LogP contribution in [0.2, 0.25) is 0 Å². The number of hydrogen-bond donors (Lipinski definition) is 3. The van der Waals surface area contributed by atoms with Crippen molar-refractivity contribution in [3.05, 3.63) is 46.3 Å². The summed E-state index contributed by atoms with van der Waals surface area (Å²) in [6.07, 6.45) is 0. The number of furan rings is 1. The van der Waals surface area contributed by atoms with Crippen LogP contribution in [0.3, 0.4) is 0 Å². The first-order valence-corrected chi connectivity index (χ1v) is 5.89. The van der Waals surface area contributed by atoms with Crippen molar-refractivity contribution in [1.29, 1.82) is 0 Å². The molecule has 0 unspecified atom stereocenters. The molecule has 2 aromatic rings. The molecule has 0 saturated carbocycles.